The van der Waals surface area contributed by atoms with Crippen LogP contribution in [0.25, 0.3) is 0 Å². The van der Waals surface area contributed by atoms with Crippen LogP contribution >= 0.6 is 15.9 Å². The largest absolute Gasteiger partial charge is 0.503 e. The summed E-state index contributed by atoms with van der Waals surface area (Å²) in [5.41, 5.74) is 0.930. The summed E-state index contributed by atoms with van der Waals surface area (Å²) in [6.07, 6.45) is 0.227. The lowest BCUT2D eigenvalue weighted by atomic mass is 10.1. The number of phenolic OH excluding ortho intramolecular Hbond substituents is 1. The van der Waals surface area contributed by atoms with Crippen molar-refractivity contribution in [2.24, 2.45) is 0 Å². The smallest absolute Gasteiger partial charge is 0.329 e. The van der Waals surface area contributed by atoms with Crippen LogP contribution in [0, 0.1) is 12.7 Å². The van der Waals surface area contributed by atoms with E-state index in [2.05, 4.69) is 26.6 Å². The van der Waals surface area contributed by atoms with E-state index in [-0.39, 0.29) is 24.3 Å². The molecule has 1 unspecified atom stereocenters. The van der Waals surface area contributed by atoms with Gasteiger partial charge in [-0.05, 0) is 25.5 Å². The van der Waals surface area contributed by atoms with Gasteiger partial charge in [-0.3, -0.25) is 0 Å². The molecule has 2 amide bonds. The van der Waals surface area contributed by atoms with Crippen LogP contribution in [-0.2, 0) is 16.0 Å². The molecule has 144 valence electrons. The Kier molecular flexibility index (Phi) is 7.18. The molecule has 6 nitrogen and oxygen atoms in total. The van der Waals surface area contributed by atoms with Gasteiger partial charge >= 0.3 is 12.0 Å². The predicted octanol–water partition coefficient (Wildman–Crippen LogP) is 3.90. The Morgan fingerprint density at radius 1 is 1.30 bits per heavy atom. The molecule has 0 saturated carbocycles. The number of carbonyl (C=O) groups excluding carboxylic acids is 2. The van der Waals surface area contributed by atoms with Gasteiger partial charge in [0.25, 0.3) is 0 Å². The number of anilines is 1. The highest BCUT2D eigenvalue weighted by Crippen LogP contribution is 2.34. The molecule has 0 bridgehead atoms. The quantitative estimate of drug-likeness (QED) is 0.471. The third-order valence-electron chi connectivity index (χ3n) is 3.83. The molecule has 0 radical (unpaired) electrons. The minimum absolute atomic E-state index is 0.121. The maximum atomic E-state index is 14.0. The van der Waals surface area contributed by atoms with Gasteiger partial charge in [0.2, 0.25) is 0 Å². The van der Waals surface area contributed by atoms with E-state index in [0.717, 1.165) is 5.56 Å². The summed E-state index contributed by atoms with van der Waals surface area (Å²) in [5.74, 6) is -2.11. The number of hydrogen-bond donors (Lipinski definition) is 3. The van der Waals surface area contributed by atoms with Gasteiger partial charge in [-0.15, -0.1) is 0 Å². The van der Waals surface area contributed by atoms with Crippen LogP contribution in [0.4, 0.5) is 14.9 Å². The molecule has 8 heteroatoms. The van der Waals surface area contributed by atoms with Crippen molar-refractivity contribution in [1.29, 1.82) is 0 Å². The first-order valence-electron chi connectivity index (χ1n) is 8.29. The van der Waals surface area contributed by atoms with Gasteiger partial charge in [0.1, 0.15) is 6.04 Å². The summed E-state index contributed by atoms with van der Waals surface area (Å²) < 4.78 is 19.4. The van der Waals surface area contributed by atoms with Crippen molar-refractivity contribution in [3.63, 3.8) is 0 Å². The lowest BCUT2D eigenvalue weighted by Crippen LogP contribution is -2.45. The monoisotopic (exact) mass is 438 g/mol. The fourth-order valence-corrected chi connectivity index (χ4v) is 2.80. The molecule has 0 aliphatic carbocycles. The fraction of sp³-hybridized carbons (Fsp3) is 0.263. The van der Waals surface area contributed by atoms with Gasteiger partial charge < -0.3 is 20.5 Å². The first kappa shape index (κ1) is 20.7. The van der Waals surface area contributed by atoms with Gasteiger partial charge in [0.05, 0.1) is 12.3 Å². The van der Waals surface area contributed by atoms with Gasteiger partial charge in [-0.2, -0.15) is 0 Å². The Labute approximate surface area is 164 Å². The van der Waals surface area contributed by atoms with Gasteiger partial charge in [-0.1, -0.05) is 46.3 Å². The van der Waals surface area contributed by atoms with Gasteiger partial charge in [0.15, 0.2) is 11.6 Å². The van der Waals surface area contributed by atoms with E-state index in [1.807, 2.05) is 30.3 Å². The van der Waals surface area contributed by atoms with E-state index < -0.39 is 29.6 Å². The molecule has 3 N–H and O–H groups in total. The van der Waals surface area contributed by atoms with E-state index in [1.165, 1.54) is 13.0 Å². The Morgan fingerprint density at radius 3 is 2.59 bits per heavy atom. The zero-order valence-corrected chi connectivity index (χ0v) is 16.5. The van der Waals surface area contributed by atoms with E-state index in [1.54, 1.807) is 6.92 Å². The molecule has 2 aromatic carbocycles. The normalized spacial score (nSPS) is 11.6. The second kappa shape index (κ2) is 9.36. The van der Waals surface area contributed by atoms with Crippen LogP contribution < -0.4 is 10.6 Å². The van der Waals surface area contributed by atoms with E-state index in [0.29, 0.717) is 4.47 Å². The third kappa shape index (κ3) is 5.43. The molecule has 0 aromatic heterocycles. The summed E-state index contributed by atoms with van der Waals surface area (Å²) in [6.45, 7) is 3.33. The fourth-order valence-electron chi connectivity index (χ4n) is 2.40. The van der Waals surface area contributed by atoms with Crippen molar-refractivity contribution in [2.45, 2.75) is 26.3 Å². The standard InChI is InChI=1S/C19H20BrFN2O4/c1-3-27-18(25)15(9-12-7-5-4-6-8-12)23-19(26)22-14-10-13(20)11(2)16(21)17(14)24/h4-8,10,15,24H,3,9H2,1-2H3,(H2,22,23,26). The summed E-state index contributed by atoms with van der Waals surface area (Å²) in [4.78, 5) is 24.5. The number of ether oxygens (including phenoxy) is 1. The molecular weight excluding hydrogens is 419 g/mol. The lowest BCUT2D eigenvalue weighted by molar-refractivity contribution is -0.145. The van der Waals surface area contributed by atoms with E-state index in [9.17, 15) is 19.1 Å². The van der Waals surface area contributed by atoms with Gasteiger partial charge in [-0.25, -0.2) is 14.0 Å². The molecule has 0 fully saturated rings. The number of aromatic hydroxyl groups is 1. The number of phenols is 1. The number of urea groups is 1. The summed E-state index contributed by atoms with van der Waals surface area (Å²) >= 11 is 3.16. The number of carbonyl (C=O) groups is 2. The first-order valence-corrected chi connectivity index (χ1v) is 9.08. The van der Waals surface area contributed by atoms with Crippen molar-refractivity contribution in [3.05, 3.63) is 57.8 Å². The summed E-state index contributed by atoms with van der Waals surface area (Å²) in [7, 11) is 0. The molecule has 0 saturated heterocycles. The van der Waals surface area contributed by atoms with Crippen molar-refractivity contribution in [2.75, 3.05) is 11.9 Å². The average Bonchev–Trinajstić information content (AvgIpc) is 2.65. The Hall–Kier alpha value is -2.61. The molecular formula is C19H20BrFN2O4. The zero-order valence-electron chi connectivity index (χ0n) is 14.9. The average molecular weight is 439 g/mol. The molecule has 1 atom stereocenters. The zero-order chi connectivity index (χ0) is 20.0. The Balaban J connectivity index is 2.15. The van der Waals surface area contributed by atoms with Crippen molar-refractivity contribution < 1.29 is 23.8 Å². The number of halogens is 2. The molecule has 0 aliphatic heterocycles. The van der Waals surface area contributed by atoms with Crippen LogP contribution in [0.1, 0.15) is 18.1 Å². The van der Waals surface area contributed by atoms with Gasteiger partial charge in [0, 0.05) is 16.5 Å². The highest BCUT2D eigenvalue weighted by Gasteiger charge is 2.23. The molecule has 0 heterocycles. The van der Waals surface area contributed by atoms with Crippen LogP contribution in [0.15, 0.2) is 40.9 Å². The Bertz CT molecular complexity index is 830. The maximum absolute atomic E-state index is 14.0. The Morgan fingerprint density at radius 2 is 1.96 bits per heavy atom. The number of nitrogens with one attached hydrogen (secondary N) is 2. The lowest BCUT2D eigenvalue weighted by Gasteiger charge is -2.18. The summed E-state index contributed by atoms with van der Waals surface area (Å²) in [6, 6.07) is 8.81. The van der Waals surface area contributed by atoms with Crippen LogP contribution in [-0.4, -0.2) is 29.8 Å². The van der Waals surface area contributed by atoms with Crippen LogP contribution in [0.5, 0.6) is 5.75 Å². The van der Waals surface area contributed by atoms with E-state index in [4.69, 9.17) is 4.74 Å². The van der Waals surface area contributed by atoms with Crippen LogP contribution in [0.2, 0.25) is 0 Å². The van der Waals surface area contributed by atoms with Crippen molar-refractivity contribution in [3.8, 4) is 5.75 Å². The topological polar surface area (TPSA) is 87.7 Å². The number of hydrogen-bond acceptors (Lipinski definition) is 4. The molecule has 2 aromatic rings. The van der Waals surface area contributed by atoms with Crippen molar-refractivity contribution >= 4 is 33.6 Å². The minimum Gasteiger partial charge on any atom is -0.503 e. The second-order valence-electron chi connectivity index (χ2n) is 5.79. The number of benzene rings is 2. The highest BCUT2D eigenvalue weighted by atomic mass is 79.9. The third-order valence-corrected chi connectivity index (χ3v) is 4.65. The second-order valence-corrected chi connectivity index (χ2v) is 6.64. The minimum atomic E-state index is -0.937. The number of esters is 1. The maximum Gasteiger partial charge on any atom is 0.329 e. The van der Waals surface area contributed by atoms with Crippen LogP contribution in [0.3, 0.4) is 0 Å². The molecule has 0 aliphatic rings. The SMILES string of the molecule is CCOC(=O)C(Cc1ccccc1)NC(=O)Nc1cc(Br)c(C)c(F)c1O. The molecule has 27 heavy (non-hydrogen) atoms. The molecule has 2 rings (SSSR count). The number of amides is 2. The predicted molar refractivity (Wildman–Crippen MR) is 103 cm³/mol. The van der Waals surface area contributed by atoms with E-state index >= 15 is 0 Å². The number of rotatable bonds is 6. The first-order chi connectivity index (χ1) is 12.8. The van der Waals surface area contributed by atoms with Crippen molar-refractivity contribution in [1.82, 2.24) is 5.32 Å². The summed E-state index contributed by atoms with van der Waals surface area (Å²) in [5, 5.41) is 14.7. The molecule has 0 spiro atoms. The highest BCUT2D eigenvalue weighted by molar-refractivity contribution is 9.10.